The number of anilines is 1. The number of hydrogen-bond donors (Lipinski definition) is 1. The van der Waals surface area contributed by atoms with E-state index < -0.39 is 0 Å². The fourth-order valence-corrected chi connectivity index (χ4v) is 3.82. The molecule has 0 fully saturated rings. The molecule has 0 amide bonds. The normalized spacial score (nSPS) is 12.1. The summed E-state index contributed by atoms with van der Waals surface area (Å²) < 4.78 is 22.1. The molecule has 9 heteroatoms. The predicted octanol–water partition coefficient (Wildman–Crippen LogP) is 4.98. The molecule has 0 radical (unpaired) electrons. The van der Waals surface area contributed by atoms with Gasteiger partial charge in [0.05, 0.1) is 23.1 Å². The highest BCUT2D eigenvalue weighted by Gasteiger charge is 2.12. The molecule has 166 valence electrons. The van der Waals surface area contributed by atoms with E-state index in [0.29, 0.717) is 46.2 Å². The van der Waals surface area contributed by atoms with Gasteiger partial charge in [-0.1, -0.05) is 18.2 Å². The number of imidazole rings is 1. The molecule has 4 heterocycles. The molecular formula is C25H18FN7O. The monoisotopic (exact) mass is 451 g/mol. The minimum Gasteiger partial charge on any atom is -0.422 e. The lowest BCUT2D eigenvalue weighted by molar-refractivity contribution is 0.614. The second kappa shape index (κ2) is 8.04. The highest BCUT2D eigenvalue weighted by atomic mass is 19.1. The van der Waals surface area contributed by atoms with Crippen molar-refractivity contribution in [3.05, 3.63) is 95.8 Å². The Morgan fingerprint density at radius 3 is 2.88 bits per heavy atom. The topological polar surface area (TPSA) is 93.5 Å². The van der Waals surface area contributed by atoms with Gasteiger partial charge in [-0.15, -0.1) is 0 Å². The number of nitrogens with one attached hydrogen (secondary N) is 1. The Balaban J connectivity index is 1.29. The molecule has 6 rings (SSSR count). The zero-order valence-electron chi connectivity index (χ0n) is 18.1. The zero-order valence-corrected chi connectivity index (χ0v) is 18.1. The number of benzene rings is 2. The van der Waals surface area contributed by atoms with Gasteiger partial charge in [-0.25, -0.2) is 19.3 Å². The van der Waals surface area contributed by atoms with Gasteiger partial charge in [0, 0.05) is 24.1 Å². The van der Waals surface area contributed by atoms with E-state index in [4.69, 9.17) is 4.42 Å². The molecular weight excluding hydrogens is 433 g/mol. The van der Waals surface area contributed by atoms with Gasteiger partial charge in [0.25, 0.3) is 0 Å². The SMILES string of the molecule is C/C(=N/Nc1nc2ccccc2o1)c1ccc2ncc(Cc3cc4cccnc4cc3F)n2n1. The summed E-state index contributed by atoms with van der Waals surface area (Å²) in [5.74, 6) is -0.308. The molecule has 0 saturated heterocycles. The second-order valence-electron chi connectivity index (χ2n) is 7.85. The van der Waals surface area contributed by atoms with Gasteiger partial charge in [-0.2, -0.15) is 15.2 Å². The summed E-state index contributed by atoms with van der Waals surface area (Å²) in [7, 11) is 0. The molecule has 0 unspecified atom stereocenters. The summed E-state index contributed by atoms with van der Waals surface area (Å²) in [4.78, 5) is 13.0. The van der Waals surface area contributed by atoms with Crippen molar-refractivity contribution >= 4 is 39.4 Å². The highest BCUT2D eigenvalue weighted by molar-refractivity contribution is 5.97. The van der Waals surface area contributed by atoms with Crippen molar-refractivity contribution in [1.82, 2.24) is 24.6 Å². The summed E-state index contributed by atoms with van der Waals surface area (Å²) in [5.41, 5.74) is 8.15. The first-order valence-electron chi connectivity index (χ1n) is 10.7. The number of nitrogens with zero attached hydrogens (tertiary/aromatic N) is 6. The van der Waals surface area contributed by atoms with Crippen LogP contribution in [0.5, 0.6) is 0 Å². The predicted molar refractivity (Wildman–Crippen MR) is 127 cm³/mol. The maximum Gasteiger partial charge on any atom is 0.316 e. The quantitative estimate of drug-likeness (QED) is 0.293. The number of para-hydroxylation sites is 2. The Morgan fingerprint density at radius 1 is 1.06 bits per heavy atom. The van der Waals surface area contributed by atoms with Crippen molar-refractivity contribution in [2.75, 3.05) is 5.43 Å². The molecule has 0 saturated carbocycles. The van der Waals surface area contributed by atoms with E-state index >= 15 is 0 Å². The Labute approximate surface area is 192 Å². The Bertz CT molecular complexity index is 1670. The molecule has 0 spiro atoms. The number of rotatable bonds is 5. The van der Waals surface area contributed by atoms with Crippen LogP contribution in [0.4, 0.5) is 10.4 Å². The van der Waals surface area contributed by atoms with E-state index in [1.165, 1.54) is 6.07 Å². The lowest BCUT2D eigenvalue weighted by Crippen LogP contribution is -2.08. The van der Waals surface area contributed by atoms with Gasteiger partial charge in [0.2, 0.25) is 0 Å². The largest absolute Gasteiger partial charge is 0.422 e. The van der Waals surface area contributed by atoms with Crippen molar-refractivity contribution in [2.45, 2.75) is 13.3 Å². The van der Waals surface area contributed by atoms with Crippen molar-refractivity contribution in [1.29, 1.82) is 0 Å². The van der Waals surface area contributed by atoms with Crippen LogP contribution in [-0.4, -0.2) is 30.3 Å². The van der Waals surface area contributed by atoms with E-state index in [9.17, 15) is 4.39 Å². The third-order valence-electron chi connectivity index (χ3n) is 5.56. The second-order valence-corrected chi connectivity index (χ2v) is 7.85. The van der Waals surface area contributed by atoms with Crippen LogP contribution in [0.25, 0.3) is 27.6 Å². The third kappa shape index (κ3) is 3.62. The van der Waals surface area contributed by atoms with Gasteiger partial charge >= 0.3 is 6.01 Å². The molecule has 34 heavy (non-hydrogen) atoms. The zero-order chi connectivity index (χ0) is 23.1. The Kier molecular flexibility index (Phi) is 4.72. The van der Waals surface area contributed by atoms with Gasteiger partial charge < -0.3 is 4.42 Å². The Hall–Kier alpha value is -4.66. The molecule has 0 bridgehead atoms. The summed E-state index contributed by atoms with van der Waals surface area (Å²) in [6, 6.07) is 18.5. The van der Waals surface area contributed by atoms with Crippen LogP contribution in [0.15, 0.2) is 82.6 Å². The van der Waals surface area contributed by atoms with Crippen LogP contribution in [0.2, 0.25) is 0 Å². The van der Waals surface area contributed by atoms with Gasteiger partial charge in [-0.3, -0.25) is 4.98 Å². The minimum atomic E-state index is -0.308. The molecule has 6 aromatic rings. The van der Waals surface area contributed by atoms with E-state index in [1.807, 2.05) is 61.5 Å². The van der Waals surface area contributed by atoms with Crippen LogP contribution < -0.4 is 5.43 Å². The van der Waals surface area contributed by atoms with E-state index in [1.54, 1.807) is 16.9 Å². The molecule has 1 N–H and O–H groups in total. The smallest absolute Gasteiger partial charge is 0.316 e. The number of hydrazone groups is 1. The summed E-state index contributed by atoms with van der Waals surface area (Å²) in [6.45, 7) is 1.83. The first-order chi connectivity index (χ1) is 16.6. The van der Waals surface area contributed by atoms with Crippen molar-refractivity contribution in [3.63, 3.8) is 0 Å². The fraction of sp³-hybridized carbons (Fsp3) is 0.0800. The van der Waals surface area contributed by atoms with Crippen molar-refractivity contribution in [2.24, 2.45) is 5.10 Å². The molecule has 2 aromatic carbocycles. The van der Waals surface area contributed by atoms with Crippen LogP contribution in [0, 0.1) is 5.82 Å². The fourth-order valence-electron chi connectivity index (χ4n) is 3.82. The average molecular weight is 451 g/mol. The average Bonchev–Trinajstić information content (AvgIpc) is 3.46. The molecule has 4 aromatic heterocycles. The maximum absolute atomic E-state index is 14.7. The van der Waals surface area contributed by atoms with Crippen LogP contribution in [-0.2, 0) is 6.42 Å². The van der Waals surface area contributed by atoms with E-state index in [0.717, 1.165) is 16.6 Å². The van der Waals surface area contributed by atoms with Gasteiger partial charge in [0.1, 0.15) is 17.0 Å². The number of pyridine rings is 1. The molecule has 0 atom stereocenters. The minimum absolute atomic E-state index is 0.297. The highest BCUT2D eigenvalue weighted by Crippen LogP contribution is 2.21. The third-order valence-corrected chi connectivity index (χ3v) is 5.56. The molecule has 8 nitrogen and oxygen atoms in total. The summed E-state index contributed by atoms with van der Waals surface area (Å²) >= 11 is 0. The van der Waals surface area contributed by atoms with Gasteiger partial charge in [0.15, 0.2) is 11.2 Å². The lowest BCUT2D eigenvalue weighted by Gasteiger charge is -2.07. The summed E-state index contributed by atoms with van der Waals surface area (Å²) in [6.07, 6.45) is 3.70. The van der Waals surface area contributed by atoms with Crippen molar-refractivity contribution in [3.8, 4) is 0 Å². The number of oxazole rings is 1. The van der Waals surface area contributed by atoms with Crippen LogP contribution >= 0.6 is 0 Å². The van der Waals surface area contributed by atoms with E-state index in [-0.39, 0.29) is 5.82 Å². The Morgan fingerprint density at radius 2 is 1.97 bits per heavy atom. The van der Waals surface area contributed by atoms with Gasteiger partial charge in [-0.05, 0) is 48.9 Å². The number of halogens is 1. The number of hydrogen-bond acceptors (Lipinski definition) is 7. The molecule has 0 aliphatic rings. The standard InChI is InChI=1S/C25H18FN7O/c1-15(30-31-25-29-21-6-2-3-7-23(21)34-25)20-8-9-24-28-14-18(33(24)32-20)12-17-11-16-5-4-10-27-22(16)13-19(17)26/h2-11,13-14H,12H2,1H3,(H,29,31)/b30-15-. The summed E-state index contributed by atoms with van der Waals surface area (Å²) in [5, 5.41) is 9.92. The number of fused-ring (bicyclic) bond motifs is 3. The van der Waals surface area contributed by atoms with Crippen molar-refractivity contribution < 1.29 is 8.81 Å². The molecule has 0 aliphatic heterocycles. The number of aromatic nitrogens is 5. The maximum atomic E-state index is 14.7. The van der Waals surface area contributed by atoms with Crippen LogP contribution in [0.1, 0.15) is 23.9 Å². The first-order valence-corrected chi connectivity index (χ1v) is 10.7. The van der Waals surface area contributed by atoms with E-state index in [2.05, 4.69) is 30.6 Å². The molecule has 0 aliphatic carbocycles. The van der Waals surface area contributed by atoms with Crippen LogP contribution in [0.3, 0.4) is 0 Å². The first kappa shape index (κ1) is 20.0. The lowest BCUT2D eigenvalue weighted by atomic mass is 10.1.